The third-order valence-electron chi connectivity index (χ3n) is 2.67. The van der Waals surface area contributed by atoms with Gasteiger partial charge < -0.3 is 10.1 Å². The van der Waals surface area contributed by atoms with Gasteiger partial charge in [-0.05, 0) is 24.3 Å². The number of halogens is 4. The molecule has 0 aliphatic heterocycles. The average molecular weight is 342 g/mol. The number of imide groups is 1. The summed E-state index contributed by atoms with van der Waals surface area (Å²) in [5.74, 6) is -2.35. The molecule has 0 bridgehead atoms. The van der Waals surface area contributed by atoms with E-state index in [0.717, 1.165) is 18.2 Å². The van der Waals surface area contributed by atoms with Crippen LogP contribution in [-0.2, 0) is 0 Å². The Morgan fingerprint density at radius 3 is 2.38 bits per heavy atom. The minimum atomic E-state index is -4.87. The summed E-state index contributed by atoms with van der Waals surface area (Å²) in [5, 5.41) is 4.01. The second-order valence-corrected chi connectivity index (χ2v) is 4.46. The topological polar surface area (TPSA) is 67.4 Å². The Hall–Kier alpha value is -3.10. The maximum Gasteiger partial charge on any atom is 0.573 e. The summed E-state index contributed by atoms with van der Waals surface area (Å²) in [5.41, 5.74) is -0.391. The molecular formula is C15H10F4N2O3. The van der Waals surface area contributed by atoms with Gasteiger partial charge in [0, 0.05) is 11.8 Å². The molecule has 3 amide bonds. The highest BCUT2D eigenvalue weighted by molar-refractivity contribution is 6.08. The van der Waals surface area contributed by atoms with Crippen LogP contribution in [-0.4, -0.2) is 18.3 Å². The highest BCUT2D eigenvalue weighted by Crippen LogP contribution is 2.24. The van der Waals surface area contributed by atoms with Crippen molar-refractivity contribution in [2.24, 2.45) is 0 Å². The van der Waals surface area contributed by atoms with Crippen molar-refractivity contribution in [2.45, 2.75) is 6.36 Å². The van der Waals surface area contributed by atoms with E-state index >= 15 is 0 Å². The Morgan fingerprint density at radius 2 is 1.71 bits per heavy atom. The quantitative estimate of drug-likeness (QED) is 0.836. The van der Waals surface area contributed by atoms with Crippen LogP contribution in [0.3, 0.4) is 0 Å². The van der Waals surface area contributed by atoms with Crippen LogP contribution in [0.25, 0.3) is 0 Å². The van der Waals surface area contributed by atoms with E-state index in [9.17, 15) is 27.2 Å². The number of ether oxygens (including phenoxy) is 1. The lowest BCUT2D eigenvalue weighted by molar-refractivity contribution is -0.274. The molecule has 126 valence electrons. The molecule has 0 radical (unpaired) electrons. The van der Waals surface area contributed by atoms with Gasteiger partial charge in [0.2, 0.25) is 0 Å². The molecule has 0 fully saturated rings. The Balaban J connectivity index is 2.01. The fraction of sp³-hybridized carbons (Fsp3) is 0.0667. The number of anilines is 1. The lowest BCUT2D eigenvalue weighted by Gasteiger charge is -2.11. The molecule has 2 N–H and O–H groups in total. The van der Waals surface area contributed by atoms with Crippen molar-refractivity contribution in [2.75, 3.05) is 5.32 Å². The van der Waals surface area contributed by atoms with Gasteiger partial charge in [-0.2, -0.15) is 0 Å². The highest BCUT2D eigenvalue weighted by Gasteiger charge is 2.31. The van der Waals surface area contributed by atoms with Crippen LogP contribution in [0.15, 0.2) is 48.5 Å². The lowest BCUT2D eigenvalue weighted by atomic mass is 10.2. The monoisotopic (exact) mass is 342 g/mol. The van der Waals surface area contributed by atoms with Gasteiger partial charge in [-0.1, -0.05) is 18.2 Å². The molecule has 5 nitrogen and oxygen atoms in total. The van der Waals surface area contributed by atoms with Gasteiger partial charge in [-0.15, -0.1) is 13.2 Å². The lowest BCUT2D eigenvalue weighted by Crippen LogP contribution is -2.34. The summed E-state index contributed by atoms with van der Waals surface area (Å²) < 4.78 is 53.5. The largest absolute Gasteiger partial charge is 0.573 e. The summed E-state index contributed by atoms with van der Waals surface area (Å²) in [7, 11) is 0. The van der Waals surface area contributed by atoms with Crippen LogP contribution >= 0.6 is 0 Å². The van der Waals surface area contributed by atoms with Crippen LogP contribution in [0.1, 0.15) is 10.4 Å². The third-order valence-corrected chi connectivity index (χ3v) is 2.67. The number of urea groups is 1. The van der Waals surface area contributed by atoms with Crippen molar-refractivity contribution in [1.29, 1.82) is 0 Å². The summed E-state index contributed by atoms with van der Waals surface area (Å²) in [6.45, 7) is 0. The van der Waals surface area contributed by atoms with Gasteiger partial charge in [0.25, 0.3) is 5.91 Å². The number of hydrogen-bond acceptors (Lipinski definition) is 3. The number of nitrogens with one attached hydrogen (secondary N) is 2. The van der Waals surface area contributed by atoms with Crippen LogP contribution in [0.4, 0.5) is 28.0 Å². The smallest absolute Gasteiger partial charge is 0.406 e. The molecule has 9 heteroatoms. The molecule has 0 unspecified atom stereocenters. The van der Waals surface area contributed by atoms with Crippen molar-refractivity contribution in [1.82, 2.24) is 5.32 Å². The van der Waals surface area contributed by atoms with Crippen LogP contribution in [0.2, 0.25) is 0 Å². The number of benzene rings is 2. The molecule has 0 spiro atoms. The van der Waals surface area contributed by atoms with Gasteiger partial charge in [-0.25, -0.2) is 9.18 Å². The van der Waals surface area contributed by atoms with Gasteiger partial charge in [0.15, 0.2) is 0 Å². The van der Waals surface area contributed by atoms with Crippen molar-refractivity contribution < 1.29 is 31.9 Å². The highest BCUT2D eigenvalue weighted by atomic mass is 19.4. The zero-order valence-corrected chi connectivity index (χ0v) is 11.9. The van der Waals surface area contributed by atoms with Crippen molar-refractivity contribution in [3.8, 4) is 5.75 Å². The first-order valence-corrected chi connectivity index (χ1v) is 6.47. The second-order valence-electron chi connectivity index (χ2n) is 4.46. The first kappa shape index (κ1) is 17.3. The zero-order chi connectivity index (χ0) is 17.7. The minimum Gasteiger partial charge on any atom is -0.406 e. The maximum absolute atomic E-state index is 13.4. The van der Waals surface area contributed by atoms with Crippen LogP contribution in [0, 0.1) is 5.82 Å². The van der Waals surface area contributed by atoms with Crippen LogP contribution < -0.4 is 15.4 Å². The Morgan fingerprint density at radius 1 is 1.00 bits per heavy atom. The second kappa shape index (κ2) is 6.99. The number of rotatable bonds is 3. The molecule has 0 aliphatic rings. The van der Waals surface area contributed by atoms with E-state index in [1.165, 1.54) is 30.3 Å². The fourth-order valence-electron chi connectivity index (χ4n) is 1.75. The molecule has 2 aromatic carbocycles. The van der Waals surface area contributed by atoms with Crippen molar-refractivity contribution in [3.05, 3.63) is 59.9 Å². The van der Waals surface area contributed by atoms with E-state index in [1.54, 1.807) is 0 Å². The van der Waals surface area contributed by atoms with Crippen molar-refractivity contribution in [3.63, 3.8) is 0 Å². The number of hydrogen-bond donors (Lipinski definition) is 2. The van der Waals surface area contributed by atoms with E-state index in [0.29, 0.717) is 0 Å². The summed E-state index contributed by atoms with van der Waals surface area (Å²) in [4.78, 5) is 23.4. The van der Waals surface area contributed by atoms with E-state index in [1.807, 2.05) is 5.32 Å². The number of carbonyl (C=O) groups excluding carboxylic acids is 2. The minimum absolute atomic E-state index is 0.0458. The molecule has 0 aliphatic carbocycles. The van der Waals surface area contributed by atoms with E-state index in [2.05, 4.69) is 10.1 Å². The summed E-state index contributed by atoms with van der Waals surface area (Å²) in [6.07, 6.45) is -4.87. The van der Waals surface area contributed by atoms with Gasteiger partial charge >= 0.3 is 12.4 Å². The molecule has 2 aromatic rings. The Kier molecular flexibility index (Phi) is 5.02. The maximum atomic E-state index is 13.4. The normalized spacial score (nSPS) is 10.8. The average Bonchev–Trinajstić information content (AvgIpc) is 2.45. The number of alkyl halides is 3. The molecule has 0 saturated heterocycles. The van der Waals surface area contributed by atoms with E-state index < -0.39 is 29.9 Å². The fourth-order valence-corrected chi connectivity index (χ4v) is 1.75. The SMILES string of the molecule is O=C(NC(=O)c1ccccc1F)Nc1cccc(OC(F)(F)F)c1. The van der Waals surface area contributed by atoms with Gasteiger partial charge in [-0.3, -0.25) is 10.1 Å². The molecule has 0 aromatic heterocycles. The first-order chi connectivity index (χ1) is 11.2. The molecule has 24 heavy (non-hydrogen) atoms. The standard InChI is InChI=1S/C15H10F4N2O3/c16-12-7-2-1-6-11(12)13(22)21-14(23)20-9-4-3-5-10(8-9)24-15(17,18)19/h1-8H,(H2,20,21,22,23). The number of amides is 3. The zero-order valence-electron chi connectivity index (χ0n) is 11.9. The van der Waals surface area contributed by atoms with Crippen LogP contribution in [0.5, 0.6) is 5.75 Å². The predicted molar refractivity (Wildman–Crippen MR) is 76.0 cm³/mol. The number of carbonyl (C=O) groups is 2. The first-order valence-electron chi connectivity index (χ1n) is 6.47. The molecule has 0 saturated carbocycles. The molecule has 2 rings (SSSR count). The Labute approximate surface area is 133 Å². The third kappa shape index (κ3) is 4.97. The van der Waals surface area contributed by atoms with Gasteiger partial charge in [0.1, 0.15) is 11.6 Å². The summed E-state index contributed by atoms with van der Waals surface area (Å²) >= 11 is 0. The van der Waals surface area contributed by atoms with E-state index in [-0.39, 0.29) is 11.3 Å². The summed E-state index contributed by atoms with van der Waals surface area (Å²) in [6, 6.07) is 8.44. The Bertz CT molecular complexity index is 762. The molecular weight excluding hydrogens is 332 g/mol. The molecule has 0 heterocycles. The van der Waals surface area contributed by atoms with Crippen molar-refractivity contribution >= 4 is 17.6 Å². The molecule has 0 atom stereocenters. The van der Waals surface area contributed by atoms with Gasteiger partial charge in [0.05, 0.1) is 5.56 Å². The van der Waals surface area contributed by atoms with E-state index in [4.69, 9.17) is 0 Å². The predicted octanol–water partition coefficient (Wildman–Crippen LogP) is 3.69.